The molecular formula is C22H24N2O3. The highest BCUT2D eigenvalue weighted by molar-refractivity contribution is 5.89. The van der Waals surface area contributed by atoms with Crippen LogP contribution in [-0.4, -0.2) is 42.2 Å². The van der Waals surface area contributed by atoms with Crippen LogP contribution in [0.15, 0.2) is 36.1 Å². The first-order valence-electron chi connectivity index (χ1n) is 9.52. The Hall–Kier alpha value is -2.69. The Bertz CT molecular complexity index is 1100. The Balaban J connectivity index is 1.70. The summed E-state index contributed by atoms with van der Waals surface area (Å²) in [6.45, 7) is 6.07. The molecule has 0 aliphatic carbocycles. The van der Waals surface area contributed by atoms with Crippen molar-refractivity contribution in [1.82, 2.24) is 9.88 Å². The first-order chi connectivity index (χ1) is 13.0. The van der Waals surface area contributed by atoms with Crippen molar-refractivity contribution in [3.8, 4) is 0 Å². The van der Waals surface area contributed by atoms with Gasteiger partial charge in [-0.1, -0.05) is 31.2 Å². The second kappa shape index (κ2) is 5.65. The molecule has 1 saturated heterocycles. The third-order valence-electron chi connectivity index (χ3n) is 6.78. The molecule has 27 heavy (non-hydrogen) atoms. The van der Waals surface area contributed by atoms with Crippen molar-refractivity contribution >= 4 is 28.6 Å². The zero-order valence-electron chi connectivity index (χ0n) is 15.9. The first-order valence-corrected chi connectivity index (χ1v) is 9.52. The van der Waals surface area contributed by atoms with Crippen LogP contribution in [0.2, 0.25) is 0 Å². The Morgan fingerprint density at radius 3 is 3.00 bits per heavy atom. The first kappa shape index (κ1) is 16.5. The molecule has 1 aromatic carbocycles. The second-order valence-corrected chi connectivity index (χ2v) is 8.10. The molecule has 1 N–H and O–H groups in total. The minimum absolute atomic E-state index is 0.0431. The quantitative estimate of drug-likeness (QED) is 0.785. The zero-order valence-corrected chi connectivity index (χ0v) is 15.9. The predicted octanol–water partition coefficient (Wildman–Crippen LogP) is 1.87. The van der Waals surface area contributed by atoms with Crippen molar-refractivity contribution < 1.29 is 14.3 Å². The Kier molecular flexibility index (Phi) is 3.45. The molecule has 5 heteroatoms. The third-order valence-corrected chi connectivity index (χ3v) is 6.78. The summed E-state index contributed by atoms with van der Waals surface area (Å²) in [5.41, 5.74) is 2.96. The summed E-state index contributed by atoms with van der Waals surface area (Å²) >= 11 is 0. The Morgan fingerprint density at radius 1 is 1.37 bits per heavy atom. The average Bonchev–Trinajstić information content (AvgIpc) is 3.06. The van der Waals surface area contributed by atoms with E-state index in [9.17, 15) is 4.79 Å². The number of aromatic nitrogens is 1. The molecule has 0 radical (unpaired) electrons. The highest BCUT2D eigenvalue weighted by Gasteiger charge is 2.51. The molecule has 1 fully saturated rings. The van der Waals surface area contributed by atoms with E-state index in [-0.39, 0.29) is 23.4 Å². The van der Waals surface area contributed by atoms with E-state index in [1.807, 2.05) is 0 Å². The smallest absolute Gasteiger partial charge is 0.337 e. The van der Waals surface area contributed by atoms with Crippen LogP contribution >= 0.6 is 0 Å². The van der Waals surface area contributed by atoms with Gasteiger partial charge in [-0.25, -0.2) is 4.79 Å². The number of para-hydroxylation sites is 1. The molecule has 0 amide bonds. The monoisotopic (exact) mass is 364 g/mol. The number of carbonyl (C=O) groups excluding carboxylic acids is 1. The lowest BCUT2D eigenvalue weighted by Crippen LogP contribution is -2.57. The SMILES string of the molecule is COC(=O)C1=COC(C)C2(C)CN3CC=c4c([nH]c5ccccc45)=C3CC12. The number of fused-ring (bicyclic) bond motifs is 5. The van der Waals surface area contributed by atoms with Crippen LogP contribution in [0, 0.1) is 11.3 Å². The third kappa shape index (κ3) is 2.20. The van der Waals surface area contributed by atoms with E-state index in [0.717, 1.165) is 25.0 Å². The summed E-state index contributed by atoms with van der Waals surface area (Å²) in [5, 5.41) is 3.73. The molecule has 5 rings (SSSR count). The van der Waals surface area contributed by atoms with Gasteiger partial charge in [0.1, 0.15) is 6.10 Å². The van der Waals surface area contributed by atoms with Crippen LogP contribution in [0.25, 0.3) is 22.7 Å². The van der Waals surface area contributed by atoms with E-state index < -0.39 is 0 Å². The molecule has 3 unspecified atom stereocenters. The lowest BCUT2D eigenvalue weighted by Gasteiger charge is -2.52. The van der Waals surface area contributed by atoms with Gasteiger partial charge in [0.05, 0.1) is 24.3 Å². The molecule has 0 bridgehead atoms. The number of nitrogens with one attached hydrogen (secondary N) is 1. The number of H-pyrrole nitrogens is 1. The highest BCUT2D eigenvalue weighted by atomic mass is 16.5. The Morgan fingerprint density at radius 2 is 2.19 bits per heavy atom. The van der Waals surface area contributed by atoms with Crippen LogP contribution in [0.1, 0.15) is 20.3 Å². The van der Waals surface area contributed by atoms with Crippen LogP contribution < -0.4 is 10.6 Å². The normalized spacial score (nSPS) is 29.1. The van der Waals surface area contributed by atoms with Gasteiger partial charge in [0, 0.05) is 46.2 Å². The predicted molar refractivity (Wildman–Crippen MR) is 104 cm³/mol. The molecule has 2 aromatic rings. The fraction of sp³-hybridized carbons (Fsp3) is 0.409. The molecule has 3 aliphatic rings. The minimum atomic E-state index is -0.286. The van der Waals surface area contributed by atoms with Gasteiger partial charge in [-0.2, -0.15) is 0 Å². The number of piperidine rings is 1. The average molecular weight is 364 g/mol. The van der Waals surface area contributed by atoms with Crippen molar-refractivity contribution in [2.45, 2.75) is 26.4 Å². The number of rotatable bonds is 1. The number of aromatic amines is 1. The standard InChI is InChI=1S/C22H24N2O3/c1-13-22(2)12-24-9-8-15-14-6-4-5-7-18(14)23-20(15)19(24)10-17(22)16(11-27-13)21(25)26-3/h4-8,11,13,17,23H,9-10,12H2,1-3H3. The van der Waals surface area contributed by atoms with E-state index >= 15 is 0 Å². The summed E-state index contributed by atoms with van der Waals surface area (Å²) in [5.74, 6) is -0.205. The van der Waals surface area contributed by atoms with Gasteiger partial charge >= 0.3 is 5.97 Å². The maximum atomic E-state index is 12.4. The number of carbonyl (C=O) groups is 1. The van der Waals surface area contributed by atoms with Crippen molar-refractivity contribution in [1.29, 1.82) is 0 Å². The minimum Gasteiger partial charge on any atom is -0.497 e. The van der Waals surface area contributed by atoms with Crippen LogP contribution in [0.3, 0.4) is 0 Å². The fourth-order valence-corrected chi connectivity index (χ4v) is 5.01. The van der Waals surface area contributed by atoms with Crippen molar-refractivity contribution in [2.24, 2.45) is 11.3 Å². The molecule has 3 aliphatic heterocycles. The van der Waals surface area contributed by atoms with Gasteiger partial charge in [0.15, 0.2) is 0 Å². The van der Waals surface area contributed by atoms with Gasteiger partial charge in [-0.15, -0.1) is 0 Å². The maximum absolute atomic E-state index is 12.4. The van der Waals surface area contributed by atoms with E-state index in [1.165, 1.54) is 28.8 Å². The fourth-order valence-electron chi connectivity index (χ4n) is 5.01. The Labute approximate surface area is 157 Å². The molecule has 5 nitrogen and oxygen atoms in total. The van der Waals surface area contributed by atoms with E-state index in [2.05, 4.69) is 54.1 Å². The number of nitrogens with zero attached hydrogens (tertiary/aromatic N) is 1. The van der Waals surface area contributed by atoms with Crippen molar-refractivity contribution in [3.63, 3.8) is 0 Å². The number of benzene rings is 1. The topological polar surface area (TPSA) is 54.6 Å². The van der Waals surface area contributed by atoms with Crippen LogP contribution in [0.4, 0.5) is 0 Å². The van der Waals surface area contributed by atoms with Crippen molar-refractivity contribution in [2.75, 3.05) is 20.2 Å². The number of ether oxygens (including phenoxy) is 2. The van der Waals surface area contributed by atoms with Gasteiger partial charge in [0.25, 0.3) is 0 Å². The lowest BCUT2D eigenvalue weighted by atomic mass is 9.64. The zero-order chi connectivity index (χ0) is 18.8. The van der Waals surface area contributed by atoms with E-state index in [0.29, 0.717) is 5.57 Å². The molecule has 0 saturated carbocycles. The number of hydrogen-bond acceptors (Lipinski definition) is 4. The summed E-state index contributed by atoms with van der Waals surface area (Å²) < 4.78 is 10.9. The summed E-state index contributed by atoms with van der Waals surface area (Å²) in [4.78, 5) is 18.5. The molecule has 140 valence electrons. The summed E-state index contributed by atoms with van der Waals surface area (Å²) in [6.07, 6.45) is 4.78. The summed E-state index contributed by atoms with van der Waals surface area (Å²) in [7, 11) is 1.44. The van der Waals surface area contributed by atoms with E-state index in [1.54, 1.807) is 6.26 Å². The van der Waals surface area contributed by atoms with Gasteiger partial charge in [-0.3, -0.25) is 0 Å². The van der Waals surface area contributed by atoms with Crippen LogP contribution in [0.5, 0.6) is 0 Å². The number of hydrogen-bond donors (Lipinski definition) is 1. The second-order valence-electron chi connectivity index (χ2n) is 8.10. The van der Waals surface area contributed by atoms with E-state index in [4.69, 9.17) is 9.47 Å². The molecule has 0 spiro atoms. The van der Waals surface area contributed by atoms with Crippen molar-refractivity contribution in [3.05, 3.63) is 46.7 Å². The largest absolute Gasteiger partial charge is 0.497 e. The molecule has 1 aromatic heterocycles. The molecule has 4 heterocycles. The van der Waals surface area contributed by atoms with Gasteiger partial charge < -0.3 is 19.4 Å². The molecule has 3 atom stereocenters. The number of esters is 1. The number of methoxy groups -OCH3 is 1. The van der Waals surface area contributed by atoms with Gasteiger partial charge in [-0.05, 0) is 19.4 Å². The molecular weight excluding hydrogens is 340 g/mol. The highest BCUT2D eigenvalue weighted by Crippen LogP contribution is 2.49. The lowest BCUT2D eigenvalue weighted by molar-refractivity contribution is -0.140. The van der Waals surface area contributed by atoms with Gasteiger partial charge in [0.2, 0.25) is 0 Å². The summed E-state index contributed by atoms with van der Waals surface area (Å²) in [6, 6.07) is 8.43. The van der Waals surface area contributed by atoms with Crippen LogP contribution in [-0.2, 0) is 14.3 Å². The maximum Gasteiger partial charge on any atom is 0.337 e.